The summed E-state index contributed by atoms with van der Waals surface area (Å²) in [7, 11) is 0. The molecule has 0 aliphatic rings. The average Bonchev–Trinajstić information content (AvgIpc) is 2.44. The number of benzene rings is 1. The number of carbonyl (C=O) groups excluding carboxylic acids is 1. The number of esters is 1. The number of hydrogen-bond donors (Lipinski definition) is 1. The minimum atomic E-state index is -1.07. The van der Waals surface area contributed by atoms with Crippen LogP contribution < -0.4 is 0 Å². The van der Waals surface area contributed by atoms with Crippen LogP contribution in [0.25, 0.3) is 0 Å². The summed E-state index contributed by atoms with van der Waals surface area (Å²) in [6, 6.07) is 3.44. The Morgan fingerprint density at radius 3 is 2.30 bits per heavy atom. The van der Waals surface area contributed by atoms with Crippen molar-refractivity contribution in [2.75, 3.05) is 6.61 Å². The van der Waals surface area contributed by atoms with Crippen LogP contribution in [-0.2, 0) is 17.6 Å². The molecule has 0 saturated carbocycles. The van der Waals surface area contributed by atoms with Gasteiger partial charge >= 0.3 is 11.9 Å². The summed E-state index contributed by atoms with van der Waals surface area (Å²) >= 11 is 0. The van der Waals surface area contributed by atoms with Crippen molar-refractivity contribution < 1.29 is 19.4 Å². The van der Waals surface area contributed by atoms with Gasteiger partial charge in [0.1, 0.15) is 0 Å². The van der Waals surface area contributed by atoms with Crippen molar-refractivity contribution in [3.63, 3.8) is 0 Å². The molecule has 4 heteroatoms. The Bertz CT molecular complexity index is 567. The number of carboxylic acids is 1. The minimum absolute atomic E-state index is 0.0706. The Labute approximate surface area is 138 Å². The molecule has 0 heterocycles. The third-order valence-corrected chi connectivity index (χ3v) is 3.66. The van der Waals surface area contributed by atoms with E-state index in [0.717, 1.165) is 30.4 Å². The third-order valence-electron chi connectivity index (χ3n) is 3.66. The zero-order valence-corrected chi connectivity index (χ0v) is 14.9. The molecule has 0 fully saturated rings. The summed E-state index contributed by atoms with van der Waals surface area (Å²) in [4.78, 5) is 24.1. The van der Waals surface area contributed by atoms with Crippen LogP contribution in [-0.4, -0.2) is 23.7 Å². The fourth-order valence-electron chi connectivity index (χ4n) is 2.56. The van der Waals surface area contributed by atoms with Gasteiger partial charge in [-0.25, -0.2) is 9.59 Å². The van der Waals surface area contributed by atoms with Gasteiger partial charge in [0, 0.05) is 0 Å². The molecular formula is C19H28O4. The Hall–Kier alpha value is -1.84. The number of unbranched alkanes of at least 4 members (excludes halogenated alkanes) is 1. The van der Waals surface area contributed by atoms with Crippen LogP contribution in [0.3, 0.4) is 0 Å². The monoisotopic (exact) mass is 320 g/mol. The predicted octanol–water partition coefficient (Wildman–Crippen LogP) is 4.49. The first-order chi connectivity index (χ1) is 10.7. The third kappa shape index (κ3) is 5.38. The summed E-state index contributed by atoms with van der Waals surface area (Å²) in [5.41, 5.74) is 1.91. The molecule has 0 aliphatic carbocycles. The molecule has 4 nitrogen and oxygen atoms in total. The van der Waals surface area contributed by atoms with Crippen molar-refractivity contribution in [3.05, 3.63) is 34.4 Å². The molecular weight excluding hydrogens is 292 g/mol. The van der Waals surface area contributed by atoms with Gasteiger partial charge < -0.3 is 9.84 Å². The molecule has 1 aromatic carbocycles. The lowest BCUT2D eigenvalue weighted by molar-refractivity contribution is 0.0488. The summed E-state index contributed by atoms with van der Waals surface area (Å²) in [5, 5.41) is 9.68. The van der Waals surface area contributed by atoms with Crippen LogP contribution in [0.4, 0.5) is 0 Å². The Morgan fingerprint density at radius 2 is 1.83 bits per heavy atom. The molecule has 0 radical (unpaired) electrons. The summed E-state index contributed by atoms with van der Waals surface area (Å²) in [6.07, 6.45) is 3.03. The highest BCUT2D eigenvalue weighted by Crippen LogP contribution is 2.29. The maximum Gasteiger partial charge on any atom is 0.339 e. The second-order valence-corrected chi connectivity index (χ2v) is 7.01. The molecule has 1 aromatic rings. The number of carbonyl (C=O) groups is 2. The molecule has 0 unspecified atom stereocenters. The fourth-order valence-corrected chi connectivity index (χ4v) is 2.56. The summed E-state index contributed by atoms with van der Waals surface area (Å²) in [5.74, 6) is -1.62. The Morgan fingerprint density at radius 1 is 1.17 bits per heavy atom. The number of hydrogen-bond acceptors (Lipinski definition) is 3. The summed E-state index contributed by atoms with van der Waals surface area (Å²) < 4.78 is 5.22. The van der Waals surface area contributed by atoms with Gasteiger partial charge in [-0.3, -0.25) is 0 Å². The van der Waals surface area contributed by atoms with Crippen LogP contribution >= 0.6 is 0 Å². The van der Waals surface area contributed by atoms with E-state index in [-0.39, 0.29) is 16.5 Å². The van der Waals surface area contributed by atoms with Gasteiger partial charge in [0.2, 0.25) is 0 Å². The Balaban J connectivity index is 3.34. The van der Waals surface area contributed by atoms with Gasteiger partial charge in [-0.1, -0.05) is 47.1 Å². The number of rotatable bonds is 7. The van der Waals surface area contributed by atoms with Crippen molar-refractivity contribution in [2.24, 2.45) is 5.41 Å². The second-order valence-electron chi connectivity index (χ2n) is 7.01. The second kappa shape index (κ2) is 8.14. The molecule has 0 aliphatic heterocycles. The largest absolute Gasteiger partial charge is 0.478 e. The fraction of sp³-hybridized carbons (Fsp3) is 0.579. The lowest BCUT2D eigenvalue weighted by Gasteiger charge is -2.23. The minimum Gasteiger partial charge on any atom is -0.478 e. The van der Waals surface area contributed by atoms with E-state index in [1.807, 2.05) is 19.9 Å². The SMILES string of the molecule is CCCCOC(=O)c1ccc(CC)c(CC(C)(C)C)c1C(=O)O. The van der Waals surface area contributed by atoms with E-state index >= 15 is 0 Å². The maximum atomic E-state index is 12.3. The Kier molecular flexibility index (Phi) is 6.79. The van der Waals surface area contributed by atoms with Gasteiger partial charge in [0.25, 0.3) is 0 Å². The molecule has 23 heavy (non-hydrogen) atoms. The van der Waals surface area contributed by atoms with E-state index in [1.54, 1.807) is 6.07 Å². The number of carboxylic acid groups (broad SMARTS) is 1. The van der Waals surface area contributed by atoms with Crippen LogP contribution in [0, 0.1) is 5.41 Å². The quantitative estimate of drug-likeness (QED) is 0.594. The van der Waals surface area contributed by atoms with Gasteiger partial charge in [0.05, 0.1) is 17.7 Å². The van der Waals surface area contributed by atoms with Crippen molar-refractivity contribution in [1.82, 2.24) is 0 Å². The van der Waals surface area contributed by atoms with E-state index in [9.17, 15) is 14.7 Å². The highest BCUT2D eigenvalue weighted by atomic mass is 16.5. The molecule has 0 spiro atoms. The average molecular weight is 320 g/mol. The first kappa shape index (κ1) is 19.2. The van der Waals surface area contributed by atoms with E-state index in [1.165, 1.54) is 0 Å². The zero-order valence-electron chi connectivity index (χ0n) is 14.9. The summed E-state index contributed by atoms with van der Waals surface area (Å²) in [6.45, 7) is 10.5. The lowest BCUT2D eigenvalue weighted by atomic mass is 9.82. The van der Waals surface area contributed by atoms with Crippen molar-refractivity contribution in [2.45, 2.75) is 60.3 Å². The first-order valence-corrected chi connectivity index (χ1v) is 8.26. The van der Waals surface area contributed by atoms with E-state index in [2.05, 4.69) is 20.8 Å². The normalized spacial score (nSPS) is 11.3. The van der Waals surface area contributed by atoms with Crippen LogP contribution in [0.2, 0.25) is 0 Å². The van der Waals surface area contributed by atoms with Gasteiger partial charge in [-0.2, -0.15) is 0 Å². The maximum absolute atomic E-state index is 12.3. The van der Waals surface area contributed by atoms with E-state index < -0.39 is 11.9 Å². The number of ether oxygens (including phenoxy) is 1. The molecule has 1 rings (SSSR count). The van der Waals surface area contributed by atoms with Gasteiger partial charge in [0.15, 0.2) is 0 Å². The van der Waals surface area contributed by atoms with Crippen molar-refractivity contribution in [1.29, 1.82) is 0 Å². The highest BCUT2D eigenvalue weighted by molar-refractivity contribution is 6.03. The molecule has 1 N–H and O–H groups in total. The van der Waals surface area contributed by atoms with Crippen LogP contribution in [0.1, 0.15) is 79.3 Å². The standard InChI is InChI=1S/C19H28O4/c1-6-8-11-23-18(22)14-10-9-13(7-2)15(12-19(3,4)5)16(14)17(20)21/h9-10H,6-8,11-12H2,1-5H3,(H,20,21). The number of aryl methyl sites for hydroxylation is 1. The van der Waals surface area contributed by atoms with E-state index in [4.69, 9.17) is 4.74 Å². The van der Waals surface area contributed by atoms with Crippen molar-refractivity contribution >= 4 is 11.9 Å². The molecule has 0 amide bonds. The molecule has 0 atom stereocenters. The molecule has 128 valence electrons. The molecule has 0 saturated heterocycles. The first-order valence-electron chi connectivity index (χ1n) is 8.26. The molecule has 0 aromatic heterocycles. The smallest absolute Gasteiger partial charge is 0.339 e. The topological polar surface area (TPSA) is 63.6 Å². The van der Waals surface area contributed by atoms with Crippen LogP contribution in [0.15, 0.2) is 12.1 Å². The molecule has 0 bridgehead atoms. The van der Waals surface area contributed by atoms with Gasteiger partial charge in [-0.05, 0) is 41.9 Å². The lowest BCUT2D eigenvalue weighted by Crippen LogP contribution is -2.20. The van der Waals surface area contributed by atoms with Crippen molar-refractivity contribution in [3.8, 4) is 0 Å². The van der Waals surface area contributed by atoms with E-state index in [0.29, 0.717) is 13.0 Å². The zero-order chi connectivity index (χ0) is 17.6. The van der Waals surface area contributed by atoms with Crippen LogP contribution in [0.5, 0.6) is 0 Å². The highest BCUT2D eigenvalue weighted by Gasteiger charge is 2.26. The number of aromatic carboxylic acids is 1. The predicted molar refractivity (Wildman–Crippen MR) is 91.1 cm³/mol. The van der Waals surface area contributed by atoms with Gasteiger partial charge in [-0.15, -0.1) is 0 Å².